The Bertz CT molecular complexity index is 389. The van der Waals surface area contributed by atoms with Gasteiger partial charge in [0.05, 0.1) is 0 Å². The maximum atomic E-state index is 11.3. The Morgan fingerprint density at radius 2 is 1.45 bits per heavy atom. The molecule has 2 atom stereocenters. The van der Waals surface area contributed by atoms with Crippen molar-refractivity contribution in [1.29, 1.82) is 0 Å². The Balaban J connectivity index is 4.50. The lowest BCUT2D eigenvalue weighted by Gasteiger charge is -2.24. The number of amides is 2. The first-order valence-corrected chi connectivity index (χ1v) is 7.93. The van der Waals surface area contributed by atoms with E-state index in [1.54, 1.807) is 0 Å². The van der Waals surface area contributed by atoms with E-state index in [1.807, 2.05) is 0 Å². The summed E-state index contributed by atoms with van der Waals surface area (Å²) < 4.78 is 0. The van der Waals surface area contributed by atoms with E-state index in [9.17, 15) is 19.2 Å². The van der Waals surface area contributed by atoms with Crippen molar-refractivity contribution in [2.45, 2.75) is 25.9 Å². The molecule has 0 saturated carbocycles. The number of hydrogen-bond donors (Lipinski definition) is 3. The highest BCUT2D eigenvalue weighted by Crippen LogP contribution is 2.24. The van der Waals surface area contributed by atoms with Crippen LogP contribution in [0.4, 0.5) is 0 Å². The van der Waals surface area contributed by atoms with Gasteiger partial charge in [-0.25, -0.2) is 4.79 Å². The summed E-state index contributed by atoms with van der Waals surface area (Å²) in [4.78, 5) is 44.8. The molecule has 0 bridgehead atoms. The number of carbonyl (C=O) groups excluding carboxylic acids is 2. The molecule has 4 N–H and O–H groups in total. The third-order valence-electron chi connectivity index (χ3n) is 2.15. The second-order valence-electron chi connectivity index (χ2n) is 3.78. The average Bonchev–Trinajstić information content (AvgIpc) is 2.30. The van der Waals surface area contributed by atoms with Gasteiger partial charge in [0.15, 0.2) is 0 Å². The fourth-order valence-corrected chi connectivity index (χ4v) is 3.53. The van der Waals surface area contributed by atoms with Crippen LogP contribution in [0.5, 0.6) is 0 Å². The molecule has 0 aliphatic carbocycles. The minimum Gasteiger partial charge on any atom is -0.480 e. The number of carboxylic acids is 2. The van der Waals surface area contributed by atoms with Gasteiger partial charge in [0.25, 0.3) is 0 Å². The molecular weight excluding hydrogens is 308 g/mol. The summed E-state index contributed by atoms with van der Waals surface area (Å²) in [6, 6.07) is -2.34. The van der Waals surface area contributed by atoms with Gasteiger partial charge in [-0.3, -0.25) is 19.3 Å². The van der Waals surface area contributed by atoms with Gasteiger partial charge in [-0.1, -0.05) is 21.6 Å². The van der Waals surface area contributed by atoms with Gasteiger partial charge in [-0.2, -0.15) is 0 Å². The zero-order valence-corrected chi connectivity index (χ0v) is 12.6. The van der Waals surface area contributed by atoms with Crippen LogP contribution < -0.4 is 5.73 Å². The number of imide groups is 1. The van der Waals surface area contributed by atoms with Crippen LogP contribution in [0.15, 0.2) is 0 Å². The normalized spacial score (nSPS) is 13.3. The van der Waals surface area contributed by atoms with Crippen LogP contribution in [0.1, 0.15) is 13.8 Å². The van der Waals surface area contributed by atoms with Crippen LogP contribution in [-0.4, -0.2) is 62.5 Å². The molecule has 0 aromatic rings. The SMILES string of the molecule is CC(=O)N(C(C)=O)[C@@H](CSSC[C@H](N)C(=O)O)C(=O)O. The lowest BCUT2D eigenvalue weighted by atomic mass is 10.3. The first kappa shape index (κ1) is 18.7. The molecule has 0 aromatic heterocycles. The zero-order valence-electron chi connectivity index (χ0n) is 10.9. The molecule has 0 fully saturated rings. The van der Waals surface area contributed by atoms with E-state index in [0.717, 1.165) is 35.4 Å². The average molecular weight is 324 g/mol. The molecule has 0 heterocycles. The highest BCUT2D eigenvalue weighted by atomic mass is 33.1. The zero-order chi connectivity index (χ0) is 15.9. The van der Waals surface area contributed by atoms with Crippen LogP contribution >= 0.6 is 21.6 Å². The number of aliphatic carboxylic acids is 2. The van der Waals surface area contributed by atoms with Crippen LogP contribution in [0.2, 0.25) is 0 Å². The summed E-state index contributed by atoms with van der Waals surface area (Å²) in [6.45, 7) is 2.21. The lowest BCUT2D eigenvalue weighted by molar-refractivity contribution is -0.155. The number of nitrogens with zero attached hydrogens (tertiary/aromatic N) is 1. The second-order valence-corrected chi connectivity index (χ2v) is 6.33. The number of hydrogen-bond acceptors (Lipinski definition) is 7. The minimum atomic E-state index is -1.30. The van der Waals surface area contributed by atoms with Gasteiger partial charge in [-0.15, -0.1) is 0 Å². The van der Waals surface area contributed by atoms with Crippen molar-refractivity contribution in [2.24, 2.45) is 5.73 Å². The maximum Gasteiger partial charge on any atom is 0.327 e. The Hall–Kier alpha value is -1.26. The highest BCUT2D eigenvalue weighted by molar-refractivity contribution is 8.76. The molecule has 0 radical (unpaired) electrons. The van der Waals surface area contributed by atoms with Gasteiger partial charge in [0, 0.05) is 25.4 Å². The molecule has 114 valence electrons. The van der Waals surface area contributed by atoms with E-state index >= 15 is 0 Å². The standard InChI is InChI=1S/C10H16N2O6S2/c1-5(13)12(6(2)14)8(10(17)18)4-20-19-3-7(11)9(15)16/h7-8H,3-4,11H2,1-2H3,(H,15,16)(H,17,18)/t7-,8-/m0/s1. The maximum absolute atomic E-state index is 11.3. The van der Waals surface area contributed by atoms with Crippen molar-refractivity contribution in [3.63, 3.8) is 0 Å². The fraction of sp³-hybridized carbons (Fsp3) is 0.600. The van der Waals surface area contributed by atoms with Crippen LogP contribution in [0, 0.1) is 0 Å². The Morgan fingerprint density at radius 1 is 1.00 bits per heavy atom. The van der Waals surface area contributed by atoms with Gasteiger partial charge < -0.3 is 15.9 Å². The summed E-state index contributed by atoms with van der Waals surface area (Å²) in [7, 11) is 2.12. The van der Waals surface area contributed by atoms with Gasteiger partial charge >= 0.3 is 11.9 Å². The molecule has 10 heteroatoms. The fourth-order valence-electron chi connectivity index (χ4n) is 1.22. The van der Waals surface area contributed by atoms with Crippen LogP contribution in [-0.2, 0) is 19.2 Å². The number of nitrogens with two attached hydrogens (primary N) is 1. The summed E-state index contributed by atoms with van der Waals surface area (Å²) in [6.07, 6.45) is 0. The third kappa shape index (κ3) is 6.26. The van der Waals surface area contributed by atoms with Gasteiger partial charge in [-0.05, 0) is 0 Å². The number of carbonyl (C=O) groups is 4. The monoisotopic (exact) mass is 324 g/mol. The van der Waals surface area contributed by atoms with Crippen molar-refractivity contribution < 1.29 is 29.4 Å². The van der Waals surface area contributed by atoms with E-state index in [1.165, 1.54) is 0 Å². The molecular formula is C10H16N2O6S2. The first-order valence-electron chi connectivity index (χ1n) is 5.44. The van der Waals surface area contributed by atoms with Gasteiger partial charge in [0.1, 0.15) is 12.1 Å². The van der Waals surface area contributed by atoms with Gasteiger partial charge in [0.2, 0.25) is 11.8 Å². The largest absolute Gasteiger partial charge is 0.480 e. The summed E-state index contributed by atoms with van der Waals surface area (Å²) >= 11 is 0. The molecule has 0 aliphatic heterocycles. The number of rotatable bonds is 8. The summed E-state index contributed by atoms with van der Waals surface area (Å²) in [5.41, 5.74) is 5.28. The molecule has 0 aliphatic rings. The smallest absolute Gasteiger partial charge is 0.327 e. The highest BCUT2D eigenvalue weighted by Gasteiger charge is 2.30. The molecule has 0 saturated heterocycles. The quantitative estimate of drug-likeness (QED) is 0.403. The summed E-state index contributed by atoms with van der Waals surface area (Å²) in [5.74, 6) is -3.72. The van der Waals surface area contributed by atoms with E-state index in [4.69, 9.17) is 15.9 Å². The Morgan fingerprint density at radius 3 is 1.80 bits per heavy atom. The van der Waals surface area contributed by atoms with Crippen LogP contribution in [0.3, 0.4) is 0 Å². The second kappa shape index (κ2) is 8.82. The predicted octanol–water partition coefficient (Wildman–Crippen LogP) is -0.372. The van der Waals surface area contributed by atoms with Crippen molar-refractivity contribution >= 4 is 45.3 Å². The Kier molecular flexibility index (Phi) is 8.26. The van der Waals surface area contributed by atoms with Crippen LogP contribution in [0.25, 0.3) is 0 Å². The molecule has 0 rings (SSSR count). The Labute approximate surface area is 123 Å². The van der Waals surface area contributed by atoms with Crippen molar-refractivity contribution in [2.75, 3.05) is 11.5 Å². The predicted molar refractivity (Wildman–Crippen MR) is 75.2 cm³/mol. The first-order chi connectivity index (χ1) is 9.18. The summed E-state index contributed by atoms with van der Waals surface area (Å²) in [5, 5.41) is 17.6. The van der Waals surface area contributed by atoms with Crippen molar-refractivity contribution in [3.05, 3.63) is 0 Å². The lowest BCUT2D eigenvalue weighted by Crippen LogP contribution is -2.48. The number of carboxylic acid groups (broad SMARTS) is 2. The molecule has 20 heavy (non-hydrogen) atoms. The van der Waals surface area contributed by atoms with E-state index in [2.05, 4.69) is 0 Å². The molecule has 0 unspecified atom stereocenters. The molecule has 0 spiro atoms. The topological polar surface area (TPSA) is 138 Å². The minimum absolute atomic E-state index is 0.0501. The third-order valence-corrected chi connectivity index (χ3v) is 4.58. The molecule has 8 nitrogen and oxygen atoms in total. The molecule has 2 amide bonds. The molecule has 0 aromatic carbocycles. The van der Waals surface area contributed by atoms with Crippen molar-refractivity contribution in [1.82, 2.24) is 4.90 Å². The van der Waals surface area contributed by atoms with Crippen molar-refractivity contribution in [3.8, 4) is 0 Å². The van der Waals surface area contributed by atoms with E-state index in [0.29, 0.717) is 4.90 Å². The van der Waals surface area contributed by atoms with E-state index in [-0.39, 0.29) is 11.5 Å². The van der Waals surface area contributed by atoms with E-state index < -0.39 is 35.8 Å².